The molecule has 0 aromatic heterocycles. The van der Waals surface area contributed by atoms with Crippen LogP contribution in [0, 0.1) is 5.92 Å². The first-order valence-corrected chi connectivity index (χ1v) is 10.7. The van der Waals surface area contributed by atoms with Gasteiger partial charge in [-0.15, -0.1) is 0 Å². The minimum Gasteiger partial charge on any atom is -0.507 e. The number of likely N-dealkylation sites (tertiary alicyclic amines) is 1. The molecule has 1 aliphatic carbocycles. The highest BCUT2D eigenvalue weighted by molar-refractivity contribution is 6.03. The average Bonchev–Trinajstić information content (AvgIpc) is 3.09. The second-order valence-electron chi connectivity index (χ2n) is 8.49. The van der Waals surface area contributed by atoms with E-state index in [-0.39, 0.29) is 29.4 Å². The quantitative estimate of drug-likeness (QED) is 0.818. The molecule has 1 saturated heterocycles. The second kappa shape index (κ2) is 7.21. The van der Waals surface area contributed by atoms with Gasteiger partial charge >= 0.3 is 0 Å². The maximum atomic E-state index is 13.1. The van der Waals surface area contributed by atoms with Gasteiger partial charge in [-0.3, -0.25) is 9.59 Å². The number of aromatic hydroxyl groups is 1. The van der Waals surface area contributed by atoms with Crippen molar-refractivity contribution in [2.24, 2.45) is 5.92 Å². The summed E-state index contributed by atoms with van der Waals surface area (Å²) in [7, 11) is 0. The van der Waals surface area contributed by atoms with E-state index in [0.29, 0.717) is 18.7 Å². The second-order valence-corrected chi connectivity index (χ2v) is 8.49. The van der Waals surface area contributed by atoms with E-state index in [2.05, 4.69) is 5.32 Å². The summed E-state index contributed by atoms with van der Waals surface area (Å²) in [6.45, 7) is 1.23. The number of carbonyl (C=O) groups excluding carboxylic acids is 2. The van der Waals surface area contributed by atoms with Gasteiger partial charge in [0.2, 0.25) is 5.91 Å². The topological polar surface area (TPSA) is 69.6 Å². The van der Waals surface area contributed by atoms with Crippen molar-refractivity contribution in [3.63, 3.8) is 0 Å². The summed E-state index contributed by atoms with van der Waals surface area (Å²) in [6, 6.07) is 11.7. The number of anilines is 1. The number of nitrogens with one attached hydrogen (secondary N) is 1. The molecule has 5 heteroatoms. The number of nitrogens with zero attached hydrogens (tertiary/aromatic N) is 1. The van der Waals surface area contributed by atoms with Crippen LogP contribution < -0.4 is 5.32 Å². The molecule has 1 atom stereocenters. The Kier molecular flexibility index (Phi) is 4.53. The third-order valence-corrected chi connectivity index (χ3v) is 6.87. The molecule has 2 aromatic carbocycles. The van der Waals surface area contributed by atoms with Gasteiger partial charge in [-0.2, -0.15) is 0 Å². The van der Waals surface area contributed by atoms with Crippen molar-refractivity contribution in [1.82, 2.24) is 4.90 Å². The molecule has 2 heterocycles. The van der Waals surface area contributed by atoms with E-state index in [1.54, 1.807) is 6.07 Å². The zero-order valence-electron chi connectivity index (χ0n) is 16.5. The highest BCUT2D eigenvalue weighted by Crippen LogP contribution is 2.41. The highest BCUT2D eigenvalue weighted by Gasteiger charge is 2.39. The van der Waals surface area contributed by atoms with Crippen LogP contribution in [0.25, 0.3) is 0 Å². The smallest absolute Gasteiger partial charge is 0.257 e. The van der Waals surface area contributed by atoms with Crippen LogP contribution in [0.1, 0.15) is 58.6 Å². The minimum absolute atomic E-state index is 0.0725. The van der Waals surface area contributed by atoms with Crippen LogP contribution in [0.2, 0.25) is 0 Å². The molecule has 2 aliphatic heterocycles. The van der Waals surface area contributed by atoms with Crippen LogP contribution in [0.15, 0.2) is 36.4 Å². The van der Waals surface area contributed by atoms with Crippen molar-refractivity contribution in [3.05, 3.63) is 58.7 Å². The predicted octanol–water partition coefficient (Wildman–Crippen LogP) is 3.86. The lowest BCUT2D eigenvalue weighted by Crippen LogP contribution is -2.40. The summed E-state index contributed by atoms with van der Waals surface area (Å²) in [6.07, 6.45) is 5.63. The van der Waals surface area contributed by atoms with Gasteiger partial charge in [-0.05, 0) is 73.3 Å². The van der Waals surface area contributed by atoms with E-state index >= 15 is 0 Å². The van der Waals surface area contributed by atoms with Crippen LogP contribution in [0.5, 0.6) is 5.75 Å². The maximum Gasteiger partial charge on any atom is 0.257 e. The Bertz CT molecular complexity index is 976. The van der Waals surface area contributed by atoms with Crippen LogP contribution in [0.3, 0.4) is 0 Å². The molecule has 2 amide bonds. The third-order valence-electron chi connectivity index (χ3n) is 6.87. The summed E-state index contributed by atoms with van der Waals surface area (Å²) in [5.41, 5.74) is 4.55. The lowest BCUT2D eigenvalue weighted by atomic mass is 9.80. The van der Waals surface area contributed by atoms with Crippen molar-refractivity contribution >= 4 is 17.5 Å². The summed E-state index contributed by atoms with van der Waals surface area (Å²) in [5, 5.41) is 13.7. The summed E-state index contributed by atoms with van der Waals surface area (Å²) in [5.74, 6) is 0.271. The summed E-state index contributed by atoms with van der Waals surface area (Å²) >= 11 is 0. The Labute approximate surface area is 170 Å². The fourth-order valence-electron chi connectivity index (χ4n) is 5.29. The number of benzene rings is 2. The molecule has 5 rings (SSSR count). The number of amides is 2. The van der Waals surface area contributed by atoms with Crippen molar-refractivity contribution < 1.29 is 14.7 Å². The molecular formula is C24H26N2O3. The number of aryl methyl sites for hydroxylation is 1. The van der Waals surface area contributed by atoms with Crippen LogP contribution >= 0.6 is 0 Å². The zero-order valence-corrected chi connectivity index (χ0v) is 16.5. The number of piperidine rings is 1. The molecule has 0 bridgehead atoms. The fraction of sp³-hybridized carbons (Fsp3) is 0.417. The van der Waals surface area contributed by atoms with E-state index < -0.39 is 0 Å². The number of rotatable bonds is 2. The summed E-state index contributed by atoms with van der Waals surface area (Å²) in [4.78, 5) is 27.4. The number of phenols is 1. The standard InChI is InChI=1S/C24H26N2O3/c27-22-17-6-2-1-5-15(17)9-10-19(22)24(29)26-13-11-16(12-14-26)21-18-7-3-4-8-20(18)25-23(21)28/h3-4,7-10,16,21,27H,1-2,5-6,11-14H2,(H,25,28). The Balaban J connectivity index is 1.30. The van der Waals surface area contributed by atoms with Gasteiger partial charge in [-0.1, -0.05) is 24.3 Å². The van der Waals surface area contributed by atoms with E-state index in [9.17, 15) is 14.7 Å². The number of para-hydroxylation sites is 1. The lowest BCUT2D eigenvalue weighted by molar-refractivity contribution is -0.118. The van der Waals surface area contributed by atoms with E-state index in [1.165, 1.54) is 5.56 Å². The first-order chi connectivity index (χ1) is 14.1. The predicted molar refractivity (Wildman–Crippen MR) is 111 cm³/mol. The molecule has 0 saturated carbocycles. The first-order valence-electron chi connectivity index (χ1n) is 10.7. The molecule has 3 aliphatic rings. The van der Waals surface area contributed by atoms with Crippen LogP contribution in [0.4, 0.5) is 5.69 Å². The summed E-state index contributed by atoms with van der Waals surface area (Å²) < 4.78 is 0. The normalized spacial score (nSPS) is 21.4. The molecule has 0 spiro atoms. The van der Waals surface area contributed by atoms with Gasteiger partial charge < -0.3 is 15.3 Å². The number of hydrogen-bond donors (Lipinski definition) is 2. The van der Waals surface area contributed by atoms with Crippen molar-refractivity contribution in [2.75, 3.05) is 18.4 Å². The van der Waals surface area contributed by atoms with Crippen molar-refractivity contribution in [1.29, 1.82) is 0 Å². The van der Waals surface area contributed by atoms with Crippen molar-refractivity contribution in [3.8, 4) is 5.75 Å². The molecule has 2 N–H and O–H groups in total. The number of carbonyl (C=O) groups is 2. The zero-order chi connectivity index (χ0) is 20.0. The molecule has 1 unspecified atom stereocenters. The Morgan fingerprint density at radius 2 is 1.79 bits per heavy atom. The molecule has 0 radical (unpaired) electrons. The number of phenolic OH excluding ortho intramolecular Hbond substituents is 1. The molecule has 2 aromatic rings. The first kappa shape index (κ1) is 18.2. The Morgan fingerprint density at radius 1 is 1.03 bits per heavy atom. The largest absolute Gasteiger partial charge is 0.507 e. The molecule has 150 valence electrons. The van der Waals surface area contributed by atoms with E-state index in [0.717, 1.165) is 55.3 Å². The fourth-order valence-corrected chi connectivity index (χ4v) is 5.29. The minimum atomic E-state index is -0.124. The molecule has 29 heavy (non-hydrogen) atoms. The highest BCUT2D eigenvalue weighted by atomic mass is 16.3. The van der Waals surface area contributed by atoms with Gasteiger partial charge in [-0.25, -0.2) is 0 Å². The monoisotopic (exact) mass is 390 g/mol. The average molecular weight is 390 g/mol. The molecule has 1 fully saturated rings. The van der Waals surface area contributed by atoms with E-state index in [4.69, 9.17) is 0 Å². The van der Waals surface area contributed by atoms with Gasteiger partial charge in [0.1, 0.15) is 5.75 Å². The van der Waals surface area contributed by atoms with Crippen LogP contribution in [-0.4, -0.2) is 34.9 Å². The van der Waals surface area contributed by atoms with E-state index in [1.807, 2.05) is 35.2 Å². The number of hydrogen-bond acceptors (Lipinski definition) is 3. The lowest BCUT2D eigenvalue weighted by Gasteiger charge is -2.34. The Morgan fingerprint density at radius 3 is 2.62 bits per heavy atom. The molecule has 5 nitrogen and oxygen atoms in total. The Hall–Kier alpha value is -2.82. The number of fused-ring (bicyclic) bond motifs is 2. The third kappa shape index (κ3) is 3.09. The molecular weight excluding hydrogens is 364 g/mol. The van der Waals surface area contributed by atoms with Gasteiger partial charge in [0.05, 0.1) is 11.5 Å². The SMILES string of the molecule is O=C1Nc2ccccc2C1C1CCN(C(=O)c2ccc3c(c2O)CCCC3)CC1. The maximum absolute atomic E-state index is 13.1. The van der Waals surface area contributed by atoms with Gasteiger partial charge in [0.15, 0.2) is 0 Å². The van der Waals surface area contributed by atoms with Crippen molar-refractivity contribution in [2.45, 2.75) is 44.4 Å². The van der Waals surface area contributed by atoms with Crippen LogP contribution in [-0.2, 0) is 17.6 Å². The van der Waals surface area contributed by atoms with Gasteiger partial charge in [0.25, 0.3) is 5.91 Å². The van der Waals surface area contributed by atoms with Gasteiger partial charge in [0, 0.05) is 18.8 Å².